The first-order valence-corrected chi connectivity index (χ1v) is 3.61. The summed E-state index contributed by atoms with van der Waals surface area (Å²) in [7, 11) is 4.01. The van der Waals surface area contributed by atoms with Gasteiger partial charge in [-0.1, -0.05) is 0 Å². The Hall–Kier alpha value is -0.960. The molecule has 1 rings (SSSR count). The lowest BCUT2D eigenvalue weighted by Gasteiger charge is -2.06. The van der Waals surface area contributed by atoms with Crippen molar-refractivity contribution >= 4 is 0 Å². The summed E-state index contributed by atoms with van der Waals surface area (Å²) in [6, 6.07) is 0. The molecular formula is C8H13N3. The van der Waals surface area contributed by atoms with Crippen molar-refractivity contribution in [2.24, 2.45) is 0 Å². The molecule has 0 saturated heterocycles. The molecule has 0 radical (unpaired) electrons. The van der Waals surface area contributed by atoms with E-state index in [0.29, 0.717) is 0 Å². The molecule has 0 spiro atoms. The second kappa shape index (κ2) is 3.44. The molecule has 0 aliphatic rings. The van der Waals surface area contributed by atoms with Crippen LogP contribution in [0.3, 0.4) is 0 Å². The van der Waals surface area contributed by atoms with Gasteiger partial charge in [0.2, 0.25) is 0 Å². The van der Waals surface area contributed by atoms with E-state index < -0.39 is 0 Å². The summed E-state index contributed by atoms with van der Waals surface area (Å²) in [5.41, 5.74) is 1.10. The van der Waals surface area contributed by atoms with E-state index in [2.05, 4.69) is 9.97 Å². The summed E-state index contributed by atoms with van der Waals surface area (Å²) in [5.74, 6) is 0.876. The van der Waals surface area contributed by atoms with Crippen LogP contribution in [-0.4, -0.2) is 29.0 Å². The van der Waals surface area contributed by atoms with Crippen LogP contribution in [0, 0.1) is 6.92 Å². The Kier molecular flexibility index (Phi) is 2.54. The van der Waals surface area contributed by atoms with Gasteiger partial charge in [-0.15, -0.1) is 0 Å². The van der Waals surface area contributed by atoms with Crippen LogP contribution in [0.15, 0.2) is 12.4 Å². The van der Waals surface area contributed by atoms with Gasteiger partial charge in [0.05, 0.1) is 6.54 Å². The minimum atomic E-state index is 0.806. The Morgan fingerprint density at radius 1 is 1.27 bits per heavy atom. The number of aryl methyl sites for hydroxylation is 1. The normalized spacial score (nSPS) is 10.5. The fourth-order valence-electron chi connectivity index (χ4n) is 0.784. The minimum Gasteiger partial charge on any atom is -0.302 e. The molecule has 0 bridgehead atoms. The first kappa shape index (κ1) is 8.14. The summed E-state index contributed by atoms with van der Waals surface area (Å²) < 4.78 is 0. The van der Waals surface area contributed by atoms with Gasteiger partial charge in [0.15, 0.2) is 0 Å². The van der Waals surface area contributed by atoms with E-state index >= 15 is 0 Å². The lowest BCUT2D eigenvalue weighted by atomic mass is 10.4. The van der Waals surface area contributed by atoms with Gasteiger partial charge in [0.1, 0.15) is 5.82 Å². The highest BCUT2D eigenvalue weighted by atomic mass is 15.1. The molecule has 1 aromatic rings. The zero-order chi connectivity index (χ0) is 8.27. The van der Waals surface area contributed by atoms with Gasteiger partial charge in [-0.05, 0) is 26.6 Å². The Morgan fingerprint density at radius 3 is 2.27 bits per heavy atom. The standard InChI is InChI=1S/C8H13N3/c1-7-4-9-8(10-5-7)6-11(2)3/h4-5H,6H2,1-3H3. The average Bonchev–Trinajstić information content (AvgIpc) is 1.93. The molecule has 11 heavy (non-hydrogen) atoms. The summed E-state index contributed by atoms with van der Waals surface area (Å²) in [4.78, 5) is 10.4. The molecule has 0 aliphatic carbocycles. The zero-order valence-electron chi connectivity index (χ0n) is 7.20. The van der Waals surface area contributed by atoms with Crippen LogP contribution in [0.4, 0.5) is 0 Å². The average molecular weight is 151 g/mol. The van der Waals surface area contributed by atoms with Crippen molar-refractivity contribution in [3.8, 4) is 0 Å². The summed E-state index contributed by atoms with van der Waals surface area (Å²) in [6.45, 7) is 2.79. The van der Waals surface area contributed by atoms with Gasteiger partial charge in [-0.3, -0.25) is 0 Å². The third-order valence-corrected chi connectivity index (χ3v) is 1.29. The largest absolute Gasteiger partial charge is 0.302 e. The first-order valence-electron chi connectivity index (χ1n) is 3.61. The van der Waals surface area contributed by atoms with Gasteiger partial charge >= 0.3 is 0 Å². The van der Waals surface area contributed by atoms with Gasteiger partial charge in [0, 0.05) is 12.4 Å². The summed E-state index contributed by atoms with van der Waals surface area (Å²) >= 11 is 0. The number of aromatic nitrogens is 2. The van der Waals surface area contributed by atoms with Crippen LogP contribution in [0.2, 0.25) is 0 Å². The monoisotopic (exact) mass is 151 g/mol. The quantitative estimate of drug-likeness (QED) is 0.627. The molecular weight excluding hydrogens is 138 g/mol. The molecule has 0 saturated carbocycles. The van der Waals surface area contributed by atoms with Gasteiger partial charge in [0.25, 0.3) is 0 Å². The van der Waals surface area contributed by atoms with Crippen molar-refractivity contribution in [2.45, 2.75) is 13.5 Å². The highest BCUT2D eigenvalue weighted by molar-refractivity contribution is 5.01. The molecule has 0 aromatic carbocycles. The number of rotatable bonds is 2. The SMILES string of the molecule is Cc1cnc(CN(C)C)nc1. The van der Waals surface area contributed by atoms with Gasteiger partial charge < -0.3 is 4.90 Å². The van der Waals surface area contributed by atoms with E-state index in [-0.39, 0.29) is 0 Å². The molecule has 3 heteroatoms. The first-order chi connectivity index (χ1) is 5.18. The maximum Gasteiger partial charge on any atom is 0.142 e. The van der Waals surface area contributed by atoms with E-state index in [1.807, 2.05) is 38.3 Å². The smallest absolute Gasteiger partial charge is 0.142 e. The second-order valence-corrected chi connectivity index (χ2v) is 2.91. The molecule has 0 N–H and O–H groups in total. The lowest BCUT2D eigenvalue weighted by Crippen LogP contribution is -2.13. The molecule has 3 nitrogen and oxygen atoms in total. The van der Waals surface area contributed by atoms with E-state index in [1.165, 1.54) is 0 Å². The van der Waals surface area contributed by atoms with Crippen LogP contribution in [0.25, 0.3) is 0 Å². The minimum absolute atomic E-state index is 0.806. The molecule has 0 amide bonds. The van der Waals surface area contributed by atoms with E-state index in [0.717, 1.165) is 17.9 Å². The van der Waals surface area contributed by atoms with Crippen LogP contribution in [-0.2, 0) is 6.54 Å². The molecule has 60 valence electrons. The molecule has 0 atom stereocenters. The van der Waals surface area contributed by atoms with Gasteiger partial charge in [-0.2, -0.15) is 0 Å². The fraction of sp³-hybridized carbons (Fsp3) is 0.500. The van der Waals surface area contributed by atoms with Crippen LogP contribution >= 0.6 is 0 Å². The summed E-state index contributed by atoms with van der Waals surface area (Å²) in [6.07, 6.45) is 3.68. The second-order valence-electron chi connectivity index (χ2n) is 2.91. The third-order valence-electron chi connectivity index (χ3n) is 1.29. The zero-order valence-corrected chi connectivity index (χ0v) is 7.20. The Labute approximate surface area is 67.1 Å². The van der Waals surface area contributed by atoms with Crippen molar-refractivity contribution < 1.29 is 0 Å². The van der Waals surface area contributed by atoms with Crippen molar-refractivity contribution in [3.63, 3.8) is 0 Å². The highest BCUT2D eigenvalue weighted by Gasteiger charge is 1.95. The van der Waals surface area contributed by atoms with E-state index in [1.54, 1.807) is 0 Å². The van der Waals surface area contributed by atoms with Gasteiger partial charge in [-0.25, -0.2) is 9.97 Å². The number of hydrogen-bond donors (Lipinski definition) is 0. The maximum absolute atomic E-state index is 4.17. The Bertz CT molecular complexity index is 215. The molecule has 1 heterocycles. The molecule has 0 fully saturated rings. The Balaban J connectivity index is 2.66. The van der Waals surface area contributed by atoms with Crippen molar-refractivity contribution in [3.05, 3.63) is 23.8 Å². The molecule has 0 unspecified atom stereocenters. The number of hydrogen-bond acceptors (Lipinski definition) is 3. The number of nitrogens with zero attached hydrogens (tertiary/aromatic N) is 3. The third kappa shape index (κ3) is 2.63. The van der Waals surface area contributed by atoms with E-state index in [4.69, 9.17) is 0 Å². The lowest BCUT2D eigenvalue weighted by molar-refractivity contribution is 0.390. The van der Waals surface area contributed by atoms with Crippen LogP contribution < -0.4 is 0 Å². The van der Waals surface area contributed by atoms with E-state index in [9.17, 15) is 0 Å². The predicted octanol–water partition coefficient (Wildman–Crippen LogP) is 0.847. The predicted molar refractivity (Wildman–Crippen MR) is 44.2 cm³/mol. The summed E-state index contributed by atoms with van der Waals surface area (Å²) in [5, 5.41) is 0. The van der Waals surface area contributed by atoms with Crippen LogP contribution in [0.1, 0.15) is 11.4 Å². The molecule has 1 aromatic heterocycles. The molecule has 0 aliphatic heterocycles. The van der Waals surface area contributed by atoms with Crippen molar-refractivity contribution in [1.82, 2.24) is 14.9 Å². The van der Waals surface area contributed by atoms with Crippen molar-refractivity contribution in [1.29, 1.82) is 0 Å². The van der Waals surface area contributed by atoms with Crippen LogP contribution in [0.5, 0.6) is 0 Å². The maximum atomic E-state index is 4.17. The Morgan fingerprint density at radius 2 is 1.82 bits per heavy atom. The van der Waals surface area contributed by atoms with Crippen molar-refractivity contribution in [2.75, 3.05) is 14.1 Å². The highest BCUT2D eigenvalue weighted by Crippen LogP contribution is 1.95. The topological polar surface area (TPSA) is 29.0 Å². The fourth-order valence-corrected chi connectivity index (χ4v) is 0.784.